The lowest BCUT2D eigenvalue weighted by Gasteiger charge is -2.24. The quantitative estimate of drug-likeness (QED) is 0.778. The van der Waals surface area contributed by atoms with Gasteiger partial charge in [0.15, 0.2) is 0 Å². The number of benzene rings is 1. The summed E-state index contributed by atoms with van der Waals surface area (Å²) in [5.74, 6) is 2.29. The van der Waals surface area contributed by atoms with Crippen LogP contribution in [0.3, 0.4) is 0 Å². The van der Waals surface area contributed by atoms with E-state index < -0.39 is 0 Å². The van der Waals surface area contributed by atoms with Gasteiger partial charge in [0.05, 0.1) is 0 Å². The van der Waals surface area contributed by atoms with Crippen molar-refractivity contribution in [2.24, 2.45) is 5.92 Å². The molecule has 1 aromatic carbocycles. The summed E-state index contributed by atoms with van der Waals surface area (Å²) in [6, 6.07) is 9.44. The molecule has 0 bridgehead atoms. The molecule has 2 rings (SSSR count). The fraction of sp³-hybridized carbons (Fsp3) is 0.571. The highest BCUT2D eigenvalue weighted by Gasteiger charge is 2.17. The molecule has 1 aromatic rings. The van der Waals surface area contributed by atoms with Crippen LogP contribution in [0.5, 0.6) is 0 Å². The van der Waals surface area contributed by atoms with Crippen LogP contribution in [0, 0.1) is 5.92 Å². The lowest BCUT2D eigenvalue weighted by molar-refractivity contribution is 0.353. The summed E-state index contributed by atoms with van der Waals surface area (Å²) >= 11 is 2.01. The van der Waals surface area contributed by atoms with E-state index in [1.165, 1.54) is 35.5 Å². The Kier molecular flexibility index (Phi) is 4.30. The van der Waals surface area contributed by atoms with E-state index in [1.54, 1.807) is 0 Å². The summed E-state index contributed by atoms with van der Waals surface area (Å²) in [7, 11) is 2.00. The first-order valence-electron chi connectivity index (χ1n) is 6.19. The Labute approximate surface area is 103 Å². The van der Waals surface area contributed by atoms with E-state index in [0.717, 1.165) is 5.92 Å². The van der Waals surface area contributed by atoms with Crippen LogP contribution in [0.15, 0.2) is 29.2 Å². The average molecular weight is 235 g/mol. The Morgan fingerprint density at radius 1 is 1.31 bits per heavy atom. The first kappa shape index (κ1) is 12.0. The van der Waals surface area contributed by atoms with Gasteiger partial charge in [-0.15, -0.1) is 11.8 Å². The molecule has 0 saturated heterocycles. The van der Waals surface area contributed by atoms with Crippen molar-refractivity contribution in [3.05, 3.63) is 29.8 Å². The molecule has 16 heavy (non-hydrogen) atoms. The molecular formula is C14H21NS. The fourth-order valence-corrected chi connectivity index (χ4v) is 2.98. The topological polar surface area (TPSA) is 12.0 Å². The van der Waals surface area contributed by atoms with Crippen LogP contribution in [0.4, 0.5) is 0 Å². The van der Waals surface area contributed by atoms with Crippen LogP contribution in [-0.2, 0) is 0 Å². The highest BCUT2D eigenvalue weighted by Crippen LogP contribution is 2.32. The highest BCUT2D eigenvalue weighted by atomic mass is 32.2. The molecule has 0 spiro atoms. The third-order valence-electron chi connectivity index (χ3n) is 3.52. The Morgan fingerprint density at radius 3 is 2.50 bits per heavy atom. The van der Waals surface area contributed by atoms with E-state index in [0.29, 0.717) is 6.04 Å². The smallest absolute Gasteiger partial charge is 0.0289 e. The maximum absolute atomic E-state index is 3.26. The van der Waals surface area contributed by atoms with Gasteiger partial charge in [-0.2, -0.15) is 0 Å². The summed E-state index contributed by atoms with van der Waals surface area (Å²) in [5, 5.41) is 3.26. The molecule has 1 aliphatic carbocycles. The van der Waals surface area contributed by atoms with Gasteiger partial charge >= 0.3 is 0 Å². The van der Waals surface area contributed by atoms with Crippen molar-refractivity contribution in [1.29, 1.82) is 0 Å². The fourth-order valence-electron chi connectivity index (χ4n) is 1.89. The van der Waals surface area contributed by atoms with Crippen molar-refractivity contribution in [2.45, 2.75) is 37.1 Å². The molecule has 0 heterocycles. The third-order valence-corrected chi connectivity index (χ3v) is 4.77. The van der Waals surface area contributed by atoms with Gasteiger partial charge in [0, 0.05) is 16.7 Å². The summed E-state index contributed by atoms with van der Waals surface area (Å²) < 4.78 is 0. The lowest BCUT2D eigenvalue weighted by atomic mass is 9.87. The number of hydrogen-bond acceptors (Lipinski definition) is 2. The van der Waals surface area contributed by atoms with Gasteiger partial charge in [-0.3, -0.25) is 0 Å². The Morgan fingerprint density at radius 2 is 2.00 bits per heavy atom. The zero-order chi connectivity index (χ0) is 11.4. The van der Waals surface area contributed by atoms with Crippen molar-refractivity contribution < 1.29 is 0 Å². The van der Waals surface area contributed by atoms with Crippen LogP contribution in [-0.4, -0.2) is 12.8 Å². The summed E-state index contributed by atoms with van der Waals surface area (Å²) in [5.41, 5.74) is 1.37. The lowest BCUT2D eigenvalue weighted by Crippen LogP contribution is -2.13. The average Bonchev–Trinajstić information content (AvgIpc) is 2.27. The summed E-state index contributed by atoms with van der Waals surface area (Å²) in [4.78, 5) is 1.42. The van der Waals surface area contributed by atoms with Gasteiger partial charge in [-0.1, -0.05) is 18.6 Å². The van der Waals surface area contributed by atoms with E-state index >= 15 is 0 Å². The number of rotatable bonds is 5. The van der Waals surface area contributed by atoms with Gasteiger partial charge in [0.2, 0.25) is 0 Å². The van der Waals surface area contributed by atoms with E-state index in [9.17, 15) is 0 Å². The molecule has 0 amide bonds. The first-order valence-corrected chi connectivity index (χ1v) is 7.18. The second-order valence-corrected chi connectivity index (χ2v) is 5.78. The van der Waals surface area contributed by atoms with E-state index in [-0.39, 0.29) is 0 Å². The molecule has 1 aliphatic rings. The molecule has 1 N–H and O–H groups in total. The molecular weight excluding hydrogens is 214 g/mol. The van der Waals surface area contributed by atoms with Crippen molar-refractivity contribution in [1.82, 2.24) is 5.32 Å². The predicted molar refractivity (Wildman–Crippen MR) is 72.0 cm³/mol. The maximum Gasteiger partial charge on any atom is 0.0289 e. The zero-order valence-electron chi connectivity index (χ0n) is 10.2. The first-order chi connectivity index (χ1) is 7.79. The monoisotopic (exact) mass is 235 g/mol. The zero-order valence-corrected chi connectivity index (χ0v) is 11.0. The van der Waals surface area contributed by atoms with Crippen molar-refractivity contribution in [3.63, 3.8) is 0 Å². The van der Waals surface area contributed by atoms with Crippen LogP contribution >= 0.6 is 11.8 Å². The minimum Gasteiger partial charge on any atom is -0.313 e. The van der Waals surface area contributed by atoms with Crippen LogP contribution < -0.4 is 5.32 Å². The largest absolute Gasteiger partial charge is 0.313 e. The predicted octanol–water partition coefficient (Wildman–Crippen LogP) is 3.86. The molecule has 1 saturated carbocycles. The molecule has 88 valence electrons. The molecule has 0 aromatic heterocycles. The van der Waals surface area contributed by atoms with Crippen molar-refractivity contribution in [3.8, 4) is 0 Å². The number of nitrogens with one attached hydrogen (secondary N) is 1. The molecule has 1 nitrogen and oxygen atoms in total. The summed E-state index contributed by atoms with van der Waals surface area (Å²) in [6.07, 6.45) is 4.34. The second kappa shape index (κ2) is 5.74. The Bertz CT molecular complexity index is 316. The summed E-state index contributed by atoms with van der Waals surface area (Å²) in [6.45, 7) is 2.19. The van der Waals surface area contributed by atoms with Crippen LogP contribution in [0.25, 0.3) is 0 Å². The van der Waals surface area contributed by atoms with Gasteiger partial charge in [-0.25, -0.2) is 0 Å². The molecule has 0 radical (unpaired) electrons. The highest BCUT2D eigenvalue weighted by molar-refractivity contribution is 7.99. The molecule has 1 atom stereocenters. The number of thioether (sulfide) groups is 1. The Hall–Kier alpha value is -0.470. The minimum atomic E-state index is 0.450. The molecule has 2 heteroatoms. The normalized spacial score (nSPS) is 18.1. The van der Waals surface area contributed by atoms with Gasteiger partial charge in [0.25, 0.3) is 0 Å². The van der Waals surface area contributed by atoms with Gasteiger partial charge < -0.3 is 5.32 Å². The van der Waals surface area contributed by atoms with Crippen molar-refractivity contribution in [2.75, 3.05) is 12.8 Å². The standard InChI is InChI=1S/C14H21NS/c1-11(15-2)13-6-8-14(9-7-13)16-10-12-4-3-5-12/h6-9,11-12,15H,3-5,10H2,1-2H3. The number of hydrogen-bond donors (Lipinski definition) is 1. The third kappa shape index (κ3) is 3.02. The molecule has 1 fully saturated rings. The van der Waals surface area contributed by atoms with Crippen LogP contribution in [0.2, 0.25) is 0 Å². The molecule has 0 aliphatic heterocycles. The van der Waals surface area contributed by atoms with E-state index in [2.05, 4.69) is 36.5 Å². The van der Waals surface area contributed by atoms with Gasteiger partial charge in [-0.05, 0) is 50.4 Å². The Balaban J connectivity index is 1.85. The van der Waals surface area contributed by atoms with Crippen molar-refractivity contribution >= 4 is 11.8 Å². The van der Waals surface area contributed by atoms with E-state index in [1.807, 2.05) is 18.8 Å². The van der Waals surface area contributed by atoms with E-state index in [4.69, 9.17) is 0 Å². The maximum atomic E-state index is 3.26. The molecule has 1 unspecified atom stereocenters. The SMILES string of the molecule is CNC(C)c1ccc(SCC2CCC2)cc1. The second-order valence-electron chi connectivity index (χ2n) is 4.69. The minimum absolute atomic E-state index is 0.450. The van der Waals surface area contributed by atoms with Crippen LogP contribution in [0.1, 0.15) is 37.8 Å². The van der Waals surface area contributed by atoms with Gasteiger partial charge in [0.1, 0.15) is 0 Å².